The van der Waals surface area contributed by atoms with E-state index in [0.717, 1.165) is 12.1 Å². The van der Waals surface area contributed by atoms with Crippen LogP contribution in [-0.4, -0.2) is 61.3 Å². The van der Waals surface area contributed by atoms with Gasteiger partial charge in [0.1, 0.15) is 29.4 Å². The zero-order valence-corrected chi connectivity index (χ0v) is 19.7. The lowest BCUT2D eigenvalue weighted by atomic mass is 10.1. The summed E-state index contributed by atoms with van der Waals surface area (Å²) in [6.45, 7) is 4.91. The first kappa shape index (κ1) is 26.7. The van der Waals surface area contributed by atoms with Gasteiger partial charge in [-0.15, -0.1) is 13.2 Å². The smallest absolute Gasteiger partial charge is 0.457 e. The predicted molar refractivity (Wildman–Crippen MR) is 115 cm³/mol. The van der Waals surface area contributed by atoms with Crippen LogP contribution in [0, 0.1) is 0 Å². The summed E-state index contributed by atoms with van der Waals surface area (Å²) in [4.78, 5) is 11.1. The highest BCUT2D eigenvalue weighted by atomic mass is 32.2. The van der Waals surface area contributed by atoms with Gasteiger partial charge in [0.15, 0.2) is 15.6 Å². The van der Waals surface area contributed by atoms with E-state index in [4.69, 9.17) is 14.2 Å². The van der Waals surface area contributed by atoms with Gasteiger partial charge in [0.25, 0.3) is 0 Å². The first-order valence-corrected chi connectivity index (χ1v) is 12.0. The number of hydroxylamine groups is 2. The first-order valence-electron chi connectivity index (χ1n) is 10.3. The quantitative estimate of drug-likeness (QED) is 0.302. The maximum absolute atomic E-state index is 13.0. The van der Waals surface area contributed by atoms with Gasteiger partial charge in [-0.3, -0.25) is 10.0 Å². The van der Waals surface area contributed by atoms with Gasteiger partial charge in [0, 0.05) is 0 Å². The van der Waals surface area contributed by atoms with Crippen LogP contribution in [0.3, 0.4) is 0 Å². The lowest BCUT2D eigenvalue weighted by molar-refractivity contribution is -0.274. The van der Waals surface area contributed by atoms with Gasteiger partial charge in [0.05, 0.1) is 16.8 Å². The molecule has 1 heterocycles. The third-order valence-corrected chi connectivity index (χ3v) is 6.82. The van der Waals surface area contributed by atoms with E-state index in [1.807, 2.05) is 0 Å². The number of alkyl halides is 3. The Morgan fingerprint density at radius 2 is 1.57 bits per heavy atom. The molecule has 1 N–H and O–H groups in total. The summed E-state index contributed by atoms with van der Waals surface area (Å²) in [5, 5.41) is 10.3. The van der Waals surface area contributed by atoms with Gasteiger partial charge < -0.3 is 18.9 Å². The molecule has 1 amide bonds. The number of amides is 1. The highest BCUT2D eigenvalue weighted by Crippen LogP contribution is 2.32. The molecule has 3 atom stereocenters. The Bertz CT molecular complexity index is 1120. The van der Waals surface area contributed by atoms with Crippen molar-refractivity contribution in [2.45, 2.75) is 56.1 Å². The van der Waals surface area contributed by atoms with Crippen molar-refractivity contribution in [2.24, 2.45) is 0 Å². The van der Waals surface area contributed by atoms with Crippen LogP contribution in [0.5, 0.6) is 17.2 Å². The van der Waals surface area contributed by atoms with E-state index in [-0.39, 0.29) is 27.9 Å². The number of carbonyl (C=O) groups is 1. The van der Waals surface area contributed by atoms with Crippen molar-refractivity contribution in [1.82, 2.24) is 5.06 Å². The van der Waals surface area contributed by atoms with Crippen LogP contribution < -0.4 is 9.47 Å². The zero-order chi connectivity index (χ0) is 26.0. The third-order valence-electron chi connectivity index (χ3n) is 5.05. The Hall–Kier alpha value is -2.87. The second kappa shape index (κ2) is 10.0. The topological polar surface area (TPSA) is 112 Å². The lowest BCUT2D eigenvalue weighted by Crippen LogP contribution is -2.49. The van der Waals surface area contributed by atoms with Gasteiger partial charge in [-0.25, -0.2) is 13.5 Å². The molecule has 1 unspecified atom stereocenters. The van der Waals surface area contributed by atoms with Gasteiger partial charge >= 0.3 is 6.36 Å². The molecule has 9 nitrogen and oxygen atoms in total. The van der Waals surface area contributed by atoms with E-state index in [9.17, 15) is 31.6 Å². The molecule has 0 aromatic heterocycles. The largest absolute Gasteiger partial charge is 0.573 e. The number of ether oxygens (including phenoxy) is 4. The molecule has 1 fully saturated rings. The molecule has 192 valence electrons. The Labute approximate surface area is 199 Å². The van der Waals surface area contributed by atoms with Crippen molar-refractivity contribution >= 4 is 16.2 Å². The summed E-state index contributed by atoms with van der Waals surface area (Å²) in [5.41, 5.74) is 0. The second-order valence-electron chi connectivity index (χ2n) is 8.23. The second-order valence-corrected chi connectivity index (χ2v) is 10.3. The minimum atomic E-state index is -4.81. The van der Waals surface area contributed by atoms with E-state index in [2.05, 4.69) is 4.74 Å². The van der Waals surface area contributed by atoms with E-state index >= 15 is 0 Å². The Balaban J connectivity index is 1.72. The minimum Gasteiger partial charge on any atom is -0.457 e. The fourth-order valence-electron chi connectivity index (χ4n) is 3.64. The maximum atomic E-state index is 13.0. The monoisotopic (exact) mass is 519 g/mol. The summed E-state index contributed by atoms with van der Waals surface area (Å²) in [6.07, 6.45) is -6.21. The van der Waals surface area contributed by atoms with Crippen LogP contribution in [0.1, 0.15) is 20.8 Å². The molecule has 2 aromatic rings. The highest BCUT2D eigenvalue weighted by molar-refractivity contribution is 7.91. The molecule has 0 bridgehead atoms. The molecule has 13 heteroatoms. The number of benzene rings is 2. The molecule has 0 saturated carbocycles. The lowest BCUT2D eigenvalue weighted by Gasteiger charge is -2.29. The molecule has 3 rings (SSSR count). The average Bonchev–Trinajstić information content (AvgIpc) is 3.04. The minimum absolute atomic E-state index is 0.101. The van der Waals surface area contributed by atoms with Crippen molar-refractivity contribution in [3.63, 3.8) is 0 Å². The van der Waals surface area contributed by atoms with Crippen molar-refractivity contribution < 1.29 is 50.5 Å². The van der Waals surface area contributed by atoms with E-state index in [1.54, 1.807) is 20.8 Å². The number of rotatable bonds is 9. The number of sulfone groups is 1. The maximum Gasteiger partial charge on any atom is 0.573 e. The number of hydrogen-bond donors (Lipinski definition) is 1. The van der Waals surface area contributed by atoms with Crippen LogP contribution >= 0.6 is 0 Å². The van der Waals surface area contributed by atoms with Gasteiger partial charge in [-0.2, -0.15) is 0 Å². The van der Waals surface area contributed by atoms with E-state index < -0.39 is 51.7 Å². The van der Waals surface area contributed by atoms with Crippen molar-refractivity contribution in [1.29, 1.82) is 0 Å². The van der Waals surface area contributed by atoms with Gasteiger partial charge in [-0.05, 0) is 69.3 Å². The molecule has 1 saturated heterocycles. The van der Waals surface area contributed by atoms with E-state index in [0.29, 0.717) is 0 Å². The number of nitrogens with zero attached hydrogens (tertiary/aromatic N) is 1. The molecule has 1 aliphatic heterocycles. The number of halogens is 3. The Morgan fingerprint density at radius 1 is 1.06 bits per heavy atom. The van der Waals surface area contributed by atoms with Gasteiger partial charge in [0.2, 0.25) is 6.41 Å². The fourth-order valence-corrected chi connectivity index (χ4v) is 5.17. The third kappa shape index (κ3) is 7.07. The molecule has 2 aromatic carbocycles. The van der Waals surface area contributed by atoms with Crippen LogP contribution in [0.2, 0.25) is 0 Å². The molecule has 0 spiro atoms. The summed E-state index contributed by atoms with van der Waals surface area (Å²) < 4.78 is 83.4. The summed E-state index contributed by atoms with van der Waals surface area (Å²) in [7, 11) is -4.00. The van der Waals surface area contributed by atoms with Crippen LogP contribution in [-0.2, 0) is 24.1 Å². The molecule has 1 aliphatic rings. The Morgan fingerprint density at radius 3 is 2.03 bits per heavy atom. The van der Waals surface area contributed by atoms with Crippen molar-refractivity contribution in [3.05, 3.63) is 48.5 Å². The van der Waals surface area contributed by atoms with Gasteiger partial charge in [-0.1, -0.05) is 0 Å². The summed E-state index contributed by atoms with van der Waals surface area (Å²) >= 11 is 0. The Kier molecular flexibility index (Phi) is 7.65. The molecular weight excluding hydrogens is 495 g/mol. The zero-order valence-electron chi connectivity index (χ0n) is 18.9. The van der Waals surface area contributed by atoms with Crippen molar-refractivity contribution in [2.75, 3.05) is 5.75 Å². The highest BCUT2D eigenvalue weighted by Gasteiger charge is 2.46. The standard InChI is InChI=1S/C22H24F3NO8S/c1-14-20(34-21(2,3)32-14)19(26(28)13-27)12-35(29,30)18-10-8-16(9-11-18)31-15-4-6-17(7-5-15)33-22(23,24)25/h4-11,13-14,19-20,28H,12H2,1-3H3/t14-,19?,20+/m1/s1. The SMILES string of the molecule is C[C@H]1OC(C)(C)O[C@@H]1C(CS(=O)(=O)c1ccc(Oc2ccc(OC(F)(F)F)cc2)cc1)N(O)C=O. The first-order chi connectivity index (χ1) is 16.2. The average molecular weight is 519 g/mol. The van der Waals surface area contributed by atoms with Crippen LogP contribution in [0.4, 0.5) is 13.2 Å². The van der Waals surface area contributed by atoms with Crippen molar-refractivity contribution in [3.8, 4) is 17.2 Å². The predicted octanol–water partition coefficient (Wildman–Crippen LogP) is 3.91. The van der Waals surface area contributed by atoms with E-state index in [1.165, 1.54) is 36.4 Å². The summed E-state index contributed by atoms with van der Waals surface area (Å²) in [6, 6.07) is 8.70. The number of hydrogen-bond acceptors (Lipinski definition) is 8. The molecule has 35 heavy (non-hydrogen) atoms. The van der Waals surface area contributed by atoms with Crippen LogP contribution in [0.15, 0.2) is 53.4 Å². The number of carbonyl (C=O) groups excluding carboxylic acids is 1. The molecule has 0 aliphatic carbocycles. The summed E-state index contributed by atoms with van der Waals surface area (Å²) in [5.74, 6) is -1.65. The normalized spacial score (nSPS) is 20.8. The molecular formula is C22H24F3NO8S. The fraction of sp³-hybridized carbons (Fsp3) is 0.409. The molecule has 0 radical (unpaired) electrons. The van der Waals surface area contributed by atoms with Crippen LogP contribution in [0.25, 0.3) is 0 Å².